The van der Waals surface area contributed by atoms with E-state index in [2.05, 4.69) is 5.32 Å². The maximum absolute atomic E-state index is 15.6. The Morgan fingerprint density at radius 3 is 1.94 bits per heavy atom. The predicted molar refractivity (Wildman–Crippen MR) is 250 cm³/mol. The van der Waals surface area contributed by atoms with Gasteiger partial charge in [0, 0.05) is 31.2 Å². The van der Waals surface area contributed by atoms with Crippen LogP contribution in [0.2, 0.25) is 0 Å². The lowest BCUT2D eigenvalue weighted by atomic mass is 9.44. The summed E-state index contributed by atoms with van der Waals surface area (Å²) in [5.41, 5.74) is -7.30. The maximum atomic E-state index is 15.6. The van der Waals surface area contributed by atoms with Crippen LogP contribution >= 0.6 is 0 Å². The molecule has 0 unspecified atom stereocenters. The maximum Gasteiger partial charge on any atom is 0.338 e. The molecule has 0 aromatic heterocycles. The first-order valence-electron chi connectivity index (χ1n) is 23.2. The van der Waals surface area contributed by atoms with Crippen LogP contribution in [0.5, 0.6) is 5.75 Å². The van der Waals surface area contributed by atoms with Crippen molar-refractivity contribution in [1.82, 2.24) is 5.32 Å². The number of ether oxygens (including phenoxy) is 6. The number of carbonyl (C=O) groups is 6. The van der Waals surface area contributed by atoms with Gasteiger partial charge in [0.25, 0.3) is 5.91 Å². The molecule has 1 saturated heterocycles. The second-order valence-electron chi connectivity index (χ2n) is 19.4. The Morgan fingerprint density at radius 2 is 1.38 bits per heavy atom. The van der Waals surface area contributed by atoms with E-state index < -0.39 is 125 Å². The Morgan fingerprint density at radius 1 is 0.789 bits per heavy atom. The Hall–Kier alpha value is -6.76. The molecular formula is C54H57NO16. The topological polar surface area (TPSA) is 251 Å². The minimum atomic E-state index is -2.51. The first-order chi connectivity index (χ1) is 33.6. The number of hydrogen-bond acceptors (Lipinski definition) is 16. The lowest BCUT2D eigenvalue weighted by Crippen LogP contribution is -2.85. The van der Waals surface area contributed by atoms with Crippen LogP contribution < -0.4 is 10.1 Å². The Labute approximate surface area is 409 Å². The molecule has 374 valence electrons. The average Bonchev–Trinajstić information content (AvgIpc) is 3.34. The van der Waals surface area contributed by atoms with Gasteiger partial charge >= 0.3 is 23.9 Å². The van der Waals surface area contributed by atoms with Crippen molar-refractivity contribution in [2.24, 2.45) is 16.7 Å². The van der Waals surface area contributed by atoms with Crippen LogP contribution in [0.25, 0.3) is 0 Å². The molecule has 1 amide bonds. The molecule has 8 rings (SSSR count). The summed E-state index contributed by atoms with van der Waals surface area (Å²) >= 11 is 0. The summed E-state index contributed by atoms with van der Waals surface area (Å²) in [5, 5.41) is 52.4. The number of nitrogens with one attached hydrogen (secondary N) is 1. The van der Waals surface area contributed by atoms with Crippen LogP contribution in [-0.4, -0.2) is 117 Å². The third-order valence-corrected chi connectivity index (χ3v) is 14.8. The Kier molecular flexibility index (Phi) is 13.9. The first-order valence-corrected chi connectivity index (χ1v) is 23.2. The van der Waals surface area contributed by atoms with Crippen LogP contribution in [0.4, 0.5) is 0 Å². The van der Waals surface area contributed by atoms with Gasteiger partial charge in [-0.3, -0.25) is 19.2 Å². The van der Waals surface area contributed by atoms with Crippen LogP contribution in [0.1, 0.15) is 85.8 Å². The van der Waals surface area contributed by atoms with E-state index in [9.17, 15) is 44.4 Å². The van der Waals surface area contributed by atoms with Gasteiger partial charge in [0.15, 0.2) is 23.6 Å². The van der Waals surface area contributed by atoms with Gasteiger partial charge in [-0.2, -0.15) is 0 Å². The normalized spacial score (nSPS) is 30.3. The second kappa shape index (κ2) is 19.4. The van der Waals surface area contributed by atoms with Crippen molar-refractivity contribution >= 4 is 35.6 Å². The second-order valence-corrected chi connectivity index (χ2v) is 19.4. The van der Waals surface area contributed by atoms with Crippen LogP contribution in [-0.2, 0) is 49.5 Å². The number of esters is 4. The van der Waals surface area contributed by atoms with E-state index >= 15 is 4.79 Å². The molecule has 0 radical (unpaired) electrons. The van der Waals surface area contributed by atoms with Crippen molar-refractivity contribution in [1.29, 1.82) is 0 Å². The van der Waals surface area contributed by atoms with Crippen molar-refractivity contribution in [2.75, 3.05) is 6.61 Å². The fourth-order valence-electron chi connectivity index (χ4n) is 11.1. The van der Waals surface area contributed by atoms with Gasteiger partial charge < -0.3 is 54.2 Å². The molecule has 1 aliphatic heterocycles. The predicted octanol–water partition coefficient (Wildman–Crippen LogP) is 4.29. The molecule has 4 aliphatic rings. The highest BCUT2D eigenvalue weighted by molar-refractivity contribution is 5.96. The van der Waals surface area contributed by atoms with Crippen molar-refractivity contribution in [3.63, 3.8) is 0 Å². The summed E-state index contributed by atoms with van der Waals surface area (Å²) in [4.78, 5) is 84.6. The molecule has 17 nitrogen and oxygen atoms in total. The summed E-state index contributed by atoms with van der Waals surface area (Å²) in [6.45, 7) is 7.62. The molecule has 3 aliphatic carbocycles. The van der Waals surface area contributed by atoms with Crippen LogP contribution in [0.3, 0.4) is 0 Å². The number of aliphatic hydroxyl groups is 4. The smallest absolute Gasteiger partial charge is 0.338 e. The highest BCUT2D eigenvalue weighted by atomic mass is 16.6. The van der Waals surface area contributed by atoms with E-state index in [4.69, 9.17) is 28.4 Å². The average molecular weight is 976 g/mol. The number of fused-ring (bicyclic) bond motifs is 5. The van der Waals surface area contributed by atoms with Gasteiger partial charge in [-0.1, -0.05) is 92.7 Å². The highest BCUT2D eigenvalue weighted by Gasteiger charge is 2.80. The molecule has 71 heavy (non-hydrogen) atoms. The van der Waals surface area contributed by atoms with E-state index in [1.807, 2.05) is 30.3 Å². The Bertz CT molecular complexity index is 2710. The van der Waals surface area contributed by atoms with Crippen molar-refractivity contribution in [2.45, 2.75) is 115 Å². The van der Waals surface area contributed by atoms with E-state index in [0.717, 1.165) is 19.4 Å². The SMILES string of the molecule is CC(=O)O[C@H]1C(=O)[C@@]2(C)[C@H]([C@H](OC(=O)c3ccccc3)[C@]3(O)C[C@H](OC(=O)[C@H](O)[C@@H](NC(=O)c4ccccc4)c4ccc(OCc5ccccc5)cc4)C(C)=C1C3(C)C)[C@]1(OC(C)=O)CO[C@@H]1[C@@H](O)[C@@H]2O. The number of ketones is 1. The molecule has 2 saturated carbocycles. The standard InChI is InChI=1S/C54H57NO16/c1-29-37(69-50(64)40(58)39(55-48(62)34-18-12-8-13-19-34)33-22-24-36(25-23-33)66-27-32-16-10-7-11-17-32)26-54(65)47(70-49(63)35-20-14-9-15-21-35)43-52(6,45(61)42(68-30(2)56)38(29)51(54,4)5)44(60)41(59)46-53(43,28-67-46)71-31(3)57/h7-25,37,39-44,46-47,58-60,65H,26-28H2,1-6H3,(H,55,62)/t37-,39-,40+,41-,42+,43-,44-,46+,47-,52-,53+,54+/m0/s1. The molecule has 17 heteroatoms. The summed E-state index contributed by atoms with van der Waals surface area (Å²) in [7, 11) is 0. The number of carbonyl (C=O) groups excluding carboxylic acids is 6. The number of Topliss-reactive ketones (excluding diaryl/α,β-unsaturated/α-hetero) is 1. The summed E-state index contributed by atoms with van der Waals surface area (Å²) in [6.07, 6.45) is -13.8. The lowest BCUT2D eigenvalue weighted by Gasteiger charge is -2.68. The van der Waals surface area contributed by atoms with E-state index in [-0.39, 0.29) is 34.4 Å². The molecule has 5 N–H and O–H groups in total. The first kappa shape index (κ1) is 50.6. The lowest BCUT2D eigenvalue weighted by molar-refractivity contribution is -0.369. The molecule has 12 atom stereocenters. The quantitative estimate of drug-likeness (QED) is 0.0712. The van der Waals surface area contributed by atoms with Gasteiger partial charge in [-0.15, -0.1) is 0 Å². The van der Waals surface area contributed by atoms with Gasteiger partial charge in [-0.05, 0) is 72.5 Å². The molecule has 0 spiro atoms. The number of amides is 1. The number of hydrogen-bond donors (Lipinski definition) is 5. The monoisotopic (exact) mass is 975 g/mol. The molecule has 3 fully saturated rings. The van der Waals surface area contributed by atoms with Gasteiger partial charge in [0.2, 0.25) is 0 Å². The fraction of sp³-hybridized carbons (Fsp3) is 0.407. The van der Waals surface area contributed by atoms with Crippen molar-refractivity contribution in [3.05, 3.63) is 149 Å². The van der Waals surface area contributed by atoms with Gasteiger partial charge in [0.1, 0.15) is 42.4 Å². The van der Waals surface area contributed by atoms with Crippen molar-refractivity contribution < 1.29 is 77.6 Å². The Balaban J connectivity index is 1.23. The third-order valence-electron chi connectivity index (χ3n) is 14.8. The summed E-state index contributed by atoms with van der Waals surface area (Å²) < 4.78 is 36.1. The molecule has 4 aromatic carbocycles. The van der Waals surface area contributed by atoms with E-state index in [0.29, 0.717) is 5.75 Å². The molecule has 1 heterocycles. The summed E-state index contributed by atoms with van der Waals surface area (Å²) in [5.74, 6) is -7.15. The molecule has 2 bridgehead atoms. The van der Waals surface area contributed by atoms with Crippen molar-refractivity contribution in [3.8, 4) is 5.75 Å². The summed E-state index contributed by atoms with van der Waals surface area (Å²) in [6, 6.07) is 30.1. The largest absolute Gasteiger partial charge is 0.489 e. The zero-order valence-electron chi connectivity index (χ0n) is 40.0. The fourth-order valence-corrected chi connectivity index (χ4v) is 11.1. The van der Waals surface area contributed by atoms with E-state index in [1.165, 1.54) is 39.8 Å². The van der Waals surface area contributed by atoms with Gasteiger partial charge in [-0.25, -0.2) is 9.59 Å². The third kappa shape index (κ3) is 8.90. The number of aliphatic hydroxyl groups excluding tert-OH is 3. The number of benzene rings is 4. The minimum absolute atomic E-state index is 0.00867. The zero-order chi connectivity index (χ0) is 51.2. The molecular weight excluding hydrogens is 919 g/mol. The number of rotatable bonds is 13. The molecule has 4 aromatic rings. The zero-order valence-corrected chi connectivity index (χ0v) is 40.0. The van der Waals surface area contributed by atoms with Crippen LogP contribution in [0, 0.1) is 16.7 Å². The van der Waals surface area contributed by atoms with E-state index in [1.54, 1.807) is 72.8 Å². The minimum Gasteiger partial charge on any atom is -0.489 e. The highest BCUT2D eigenvalue weighted by Crippen LogP contribution is 2.64. The van der Waals surface area contributed by atoms with Crippen LogP contribution in [0.15, 0.2) is 126 Å². The van der Waals surface area contributed by atoms with Gasteiger partial charge in [0.05, 0.1) is 35.6 Å².